The number of methoxy groups -OCH3 is 1. The van der Waals surface area contributed by atoms with Crippen molar-refractivity contribution in [2.24, 2.45) is 5.41 Å². The number of rotatable bonds is 2. The zero-order valence-corrected chi connectivity index (χ0v) is 15.0. The van der Waals surface area contributed by atoms with Crippen LogP contribution >= 0.6 is 0 Å². The highest BCUT2D eigenvalue weighted by atomic mass is 16.5. The third kappa shape index (κ3) is 2.16. The van der Waals surface area contributed by atoms with Crippen molar-refractivity contribution in [1.29, 1.82) is 0 Å². The molecule has 0 aromatic heterocycles. The molecule has 1 atom stereocenters. The molecule has 0 spiro atoms. The van der Waals surface area contributed by atoms with Gasteiger partial charge in [0.1, 0.15) is 17.5 Å². The van der Waals surface area contributed by atoms with Crippen LogP contribution in [0.1, 0.15) is 37.9 Å². The van der Waals surface area contributed by atoms with Crippen LogP contribution in [0.3, 0.4) is 0 Å². The Morgan fingerprint density at radius 2 is 2.08 bits per heavy atom. The summed E-state index contributed by atoms with van der Waals surface area (Å²) in [5.41, 5.74) is 2.50. The first kappa shape index (κ1) is 16.0. The van der Waals surface area contributed by atoms with Crippen LogP contribution in [0.5, 0.6) is 11.5 Å². The molecule has 6 heteroatoms. The first-order valence-corrected chi connectivity index (χ1v) is 8.55. The highest BCUT2D eigenvalue weighted by molar-refractivity contribution is 6.07. The van der Waals surface area contributed by atoms with Crippen molar-refractivity contribution < 1.29 is 19.1 Å². The molecule has 3 aliphatic heterocycles. The molecule has 1 aromatic carbocycles. The van der Waals surface area contributed by atoms with Gasteiger partial charge in [0, 0.05) is 29.6 Å². The first-order chi connectivity index (χ1) is 11.9. The molecule has 4 rings (SSSR count). The van der Waals surface area contributed by atoms with Crippen LogP contribution in [-0.2, 0) is 4.79 Å². The molecule has 0 aliphatic carbocycles. The van der Waals surface area contributed by atoms with Crippen LogP contribution in [0.4, 0.5) is 4.79 Å². The normalized spacial score (nSPS) is 23.5. The van der Waals surface area contributed by atoms with E-state index >= 15 is 0 Å². The molecule has 0 N–H and O–H groups in total. The predicted molar refractivity (Wildman–Crippen MR) is 92.5 cm³/mol. The van der Waals surface area contributed by atoms with E-state index in [2.05, 4.69) is 19.9 Å². The van der Waals surface area contributed by atoms with E-state index in [1.54, 1.807) is 12.0 Å². The Morgan fingerprint density at radius 3 is 2.76 bits per heavy atom. The second-order valence-electron chi connectivity index (χ2n) is 7.40. The summed E-state index contributed by atoms with van der Waals surface area (Å²) < 4.78 is 11.6. The van der Waals surface area contributed by atoms with Gasteiger partial charge in [0.15, 0.2) is 0 Å². The lowest BCUT2D eigenvalue weighted by atomic mass is 9.84. The van der Waals surface area contributed by atoms with Crippen molar-refractivity contribution in [1.82, 2.24) is 9.80 Å². The molecule has 1 unspecified atom stereocenters. The highest BCUT2D eigenvalue weighted by Gasteiger charge is 2.51. The molecule has 1 fully saturated rings. The Kier molecular flexibility index (Phi) is 3.36. The van der Waals surface area contributed by atoms with Crippen molar-refractivity contribution in [3.8, 4) is 11.5 Å². The number of amides is 3. The zero-order chi connectivity index (χ0) is 17.9. The number of benzene rings is 1. The maximum atomic E-state index is 12.9. The Labute approximate surface area is 147 Å². The summed E-state index contributed by atoms with van der Waals surface area (Å²) in [6.45, 7) is 7.33. The molecule has 3 amide bonds. The fraction of sp³-hybridized carbons (Fsp3) is 0.474. The standard InChI is InChI=1S/C19H22N2O4/c1-5-20-17(22)16-15-12(24-4)6-7-13-14(15)11(9-21(16)18(20)23)8-19(2,3)10-25-13/h6-8,16H,5,9-10H2,1-4H3. The van der Waals surface area contributed by atoms with Gasteiger partial charge in [-0.2, -0.15) is 0 Å². The van der Waals surface area contributed by atoms with Gasteiger partial charge < -0.3 is 14.4 Å². The summed E-state index contributed by atoms with van der Waals surface area (Å²) in [7, 11) is 1.58. The average Bonchev–Trinajstić information content (AvgIpc) is 2.73. The van der Waals surface area contributed by atoms with Crippen molar-refractivity contribution in [2.75, 3.05) is 26.8 Å². The second kappa shape index (κ2) is 5.25. The minimum absolute atomic E-state index is 0.164. The minimum atomic E-state index is -0.640. The van der Waals surface area contributed by atoms with Gasteiger partial charge in [-0.05, 0) is 24.6 Å². The van der Waals surface area contributed by atoms with Crippen molar-refractivity contribution in [2.45, 2.75) is 26.8 Å². The van der Waals surface area contributed by atoms with E-state index in [9.17, 15) is 9.59 Å². The number of hydrogen-bond acceptors (Lipinski definition) is 4. The Morgan fingerprint density at radius 1 is 1.32 bits per heavy atom. The lowest BCUT2D eigenvalue weighted by Crippen LogP contribution is -2.36. The van der Waals surface area contributed by atoms with Crippen LogP contribution in [0.2, 0.25) is 0 Å². The quantitative estimate of drug-likeness (QED) is 0.776. The molecular formula is C19H22N2O4. The van der Waals surface area contributed by atoms with Gasteiger partial charge in [-0.1, -0.05) is 19.9 Å². The highest BCUT2D eigenvalue weighted by Crippen LogP contribution is 2.50. The first-order valence-electron chi connectivity index (χ1n) is 8.55. The summed E-state index contributed by atoms with van der Waals surface area (Å²) in [6, 6.07) is 2.83. The van der Waals surface area contributed by atoms with Gasteiger partial charge in [0.05, 0.1) is 13.7 Å². The number of ether oxygens (including phenoxy) is 2. The molecule has 0 saturated carbocycles. The second-order valence-corrected chi connectivity index (χ2v) is 7.40. The Hall–Kier alpha value is -2.50. The van der Waals surface area contributed by atoms with Crippen LogP contribution in [0, 0.1) is 5.41 Å². The average molecular weight is 342 g/mol. The van der Waals surface area contributed by atoms with Crippen molar-refractivity contribution >= 4 is 17.5 Å². The molecule has 1 saturated heterocycles. The third-order valence-corrected chi connectivity index (χ3v) is 5.09. The number of hydrogen-bond donors (Lipinski definition) is 0. The van der Waals surface area contributed by atoms with E-state index < -0.39 is 6.04 Å². The molecule has 0 bridgehead atoms. The van der Waals surface area contributed by atoms with E-state index in [4.69, 9.17) is 9.47 Å². The number of imide groups is 1. The summed E-state index contributed by atoms with van der Waals surface area (Å²) in [6.07, 6.45) is 2.16. The number of likely N-dealkylation sites (N-methyl/N-ethyl adjacent to an activating group) is 1. The van der Waals surface area contributed by atoms with Crippen molar-refractivity contribution in [3.63, 3.8) is 0 Å². The van der Waals surface area contributed by atoms with Crippen LogP contribution in [-0.4, -0.2) is 48.5 Å². The Bertz CT molecular complexity index is 812. The van der Waals surface area contributed by atoms with E-state index in [0.717, 1.165) is 22.4 Å². The lowest BCUT2D eigenvalue weighted by molar-refractivity contribution is -0.128. The minimum Gasteiger partial charge on any atom is -0.496 e. The van der Waals surface area contributed by atoms with E-state index in [-0.39, 0.29) is 17.4 Å². The fourth-order valence-electron chi connectivity index (χ4n) is 4.01. The molecule has 0 radical (unpaired) electrons. The number of urea groups is 1. The largest absolute Gasteiger partial charge is 0.496 e. The molecule has 25 heavy (non-hydrogen) atoms. The van der Waals surface area contributed by atoms with Crippen LogP contribution < -0.4 is 9.47 Å². The number of carbonyl (C=O) groups excluding carboxylic acids is 2. The summed E-state index contributed by atoms with van der Waals surface area (Å²) in [4.78, 5) is 28.6. The van der Waals surface area contributed by atoms with E-state index in [0.29, 0.717) is 25.4 Å². The van der Waals surface area contributed by atoms with Gasteiger partial charge in [-0.15, -0.1) is 0 Å². The zero-order valence-electron chi connectivity index (χ0n) is 15.0. The van der Waals surface area contributed by atoms with Gasteiger partial charge >= 0.3 is 6.03 Å². The van der Waals surface area contributed by atoms with Crippen LogP contribution in [0.25, 0.3) is 5.57 Å². The lowest BCUT2D eigenvalue weighted by Gasteiger charge is -2.33. The van der Waals surface area contributed by atoms with Gasteiger partial charge in [-0.3, -0.25) is 9.69 Å². The molecule has 3 aliphatic rings. The van der Waals surface area contributed by atoms with Gasteiger partial charge in [0.25, 0.3) is 5.91 Å². The molecule has 1 aromatic rings. The monoisotopic (exact) mass is 342 g/mol. The maximum absolute atomic E-state index is 12.9. The molecule has 132 valence electrons. The topological polar surface area (TPSA) is 59.1 Å². The summed E-state index contributed by atoms with van der Waals surface area (Å²) >= 11 is 0. The smallest absolute Gasteiger partial charge is 0.328 e. The molecule has 3 heterocycles. The van der Waals surface area contributed by atoms with Gasteiger partial charge in [-0.25, -0.2) is 4.79 Å². The van der Waals surface area contributed by atoms with E-state index in [1.807, 2.05) is 19.1 Å². The number of fused-ring (bicyclic) bond motifs is 2. The SMILES string of the molecule is CCN1C(=O)C2c3c(OC)ccc4c3C(=CC(C)(C)CO4)CN2C1=O. The Balaban J connectivity index is 2.00. The van der Waals surface area contributed by atoms with E-state index in [1.165, 1.54) is 4.90 Å². The maximum Gasteiger partial charge on any atom is 0.328 e. The third-order valence-electron chi connectivity index (χ3n) is 5.09. The van der Waals surface area contributed by atoms with Gasteiger partial charge in [0.2, 0.25) is 0 Å². The predicted octanol–water partition coefficient (Wildman–Crippen LogP) is 2.84. The van der Waals surface area contributed by atoms with Crippen LogP contribution in [0.15, 0.2) is 18.2 Å². The van der Waals surface area contributed by atoms with Crippen molar-refractivity contribution in [3.05, 3.63) is 29.3 Å². The summed E-state index contributed by atoms with van der Waals surface area (Å²) in [5.74, 6) is 1.17. The fourth-order valence-corrected chi connectivity index (χ4v) is 4.01. The number of nitrogens with zero attached hydrogens (tertiary/aromatic N) is 2. The number of carbonyl (C=O) groups is 2. The molecular weight excluding hydrogens is 320 g/mol. The molecule has 6 nitrogen and oxygen atoms in total. The summed E-state index contributed by atoms with van der Waals surface area (Å²) in [5, 5.41) is 0.